The Bertz CT molecular complexity index is 942. The lowest BCUT2D eigenvalue weighted by Crippen LogP contribution is -2.16. The van der Waals surface area contributed by atoms with Gasteiger partial charge >= 0.3 is 5.97 Å². The van der Waals surface area contributed by atoms with E-state index in [2.05, 4.69) is 4.98 Å². The average Bonchev–Trinajstić information content (AvgIpc) is 3.25. The fraction of sp³-hybridized carbons (Fsp3) is 0.238. The highest BCUT2D eigenvalue weighted by Crippen LogP contribution is 2.38. The quantitative estimate of drug-likeness (QED) is 0.562. The van der Waals surface area contributed by atoms with Gasteiger partial charge in [0, 0.05) is 10.9 Å². The first-order chi connectivity index (χ1) is 12.1. The minimum atomic E-state index is -0.262. The first-order valence-electron chi connectivity index (χ1n) is 8.51. The lowest BCUT2D eigenvalue weighted by atomic mass is 10.0. The normalized spacial score (nSPS) is 18.9. The summed E-state index contributed by atoms with van der Waals surface area (Å²) < 4.78 is 5.26. The van der Waals surface area contributed by atoms with Gasteiger partial charge in [-0.1, -0.05) is 55.5 Å². The number of para-hydroxylation sites is 1. The molecule has 1 saturated carbocycles. The Morgan fingerprint density at radius 3 is 2.48 bits per heavy atom. The van der Waals surface area contributed by atoms with E-state index in [1.54, 1.807) is 0 Å². The van der Waals surface area contributed by atoms with Crippen LogP contribution in [0, 0.1) is 11.8 Å². The third-order valence-corrected chi connectivity index (χ3v) is 4.81. The van der Waals surface area contributed by atoms with E-state index in [4.69, 9.17) is 4.74 Å². The Labute approximate surface area is 145 Å². The molecule has 1 fully saturated rings. The molecule has 25 heavy (non-hydrogen) atoms. The number of esters is 1. The third-order valence-electron chi connectivity index (χ3n) is 4.81. The molecule has 1 N–H and O–H groups in total. The van der Waals surface area contributed by atoms with Crippen molar-refractivity contribution in [3.8, 4) is 11.3 Å². The number of carbonyl (C=O) groups excluding carboxylic acids is 2. The van der Waals surface area contributed by atoms with Crippen LogP contribution in [0.1, 0.15) is 23.7 Å². The Morgan fingerprint density at radius 1 is 1.08 bits per heavy atom. The fourth-order valence-electron chi connectivity index (χ4n) is 3.22. The summed E-state index contributed by atoms with van der Waals surface area (Å²) in [5.74, 6) is -0.111. The van der Waals surface area contributed by atoms with Crippen LogP contribution in [-0.2, 0) is 9.53 Å². The molecule has 1 aromatic heterocycles. The van der Waals surface area contributed by atoms with E-state index in [0.717, 1.165) is 28.6 Å². The van der Waals surface area contributed by atoms with Crippen LogP contribution in [0.5, 0.6) is 0 Å². The van der Waals surface area contributed by atoms with Gasteiger partial charge in [0.1, 0.15) is 0 Å². The van der Waals surface area contributed by atoms with Crippen LogP contribution in [0.2, 0.25) is 0 Å². The molecule has 0 saturated heterocycles. The second-order valence-electron chi connectivity index (χ2n) is 6.64. The van der Waals surface area contributed by atoms with Crippen LogP contribution in [0.15, 0.2) is 54.6 Å². The van der Waals surface area contributed by atoms with Gasteiger partial charge in [-0.15, -0.1) is 0 Å². The molecule has 1 aliphatic carbocycles. The number of rotatable bonds is 5. The molecule has 0 unspecified atom stereocenters. The molecule has 0 spiro atoms. The number of aromatic amines is 1. The van der Waals surface area contributed by atoms with Crippen LogP contribution in [0.3, 0.4) is 0 Å². The maximum atomic E-state index is 12.8. The van der Waals surface area contributed by atoms with Crippen LogP contribution >= 0.6 is 0 Å². The molecule has 3 aromatic rings. The summed E-state index contributed by atoms with van der Waals surface area (Å²) in [5, 5.41) is 0.849. The molecular formula is C21H19NO3. The summed E-state index contributed by atoms with van der Waals surface area (Å²) in [6.45, 7) is 1.80. The predicted molar refractivity (Wildman–Crippen MR) is 96.3 cm³/mol. The second kappa shape index (κ2) is 6.20. The Balaban J connectivity index is 1.67. The van der Waals surface area contributed by atoms with Crippen molar-refractivity contribution in [1.29, 1.82) is 0 Å². The van der Waals surface area contributed by atoms with Crippen molar-refractivity contribution >= 4 is 22.7 Å². The highest BCUT2D eigenvalue weighted by atomic mass is 16.5. The molecule has 4 nitrogen and oxygen atoms in total. The molecule has 2 atom stereocenters. The van der Waals surface area contributed by atoms with Crippen LogP contribution < -0.4 is 0 Å². The molecule has 0 aliphatic heterocycles. The molecule has 126 valence electrons. The zero-order valence-electron chi connectivity index (χ0n) is 14.0. The van der Waals surface area contributed by atoms with Crippen molar-refractivity contribution in [1.82, 2.24) is 4.98 Å². The minimum Gasteiger partial charge on any atom is -0.457 e. The highest BCUT2D eigenvalue weighted by molar-refractivity contribution is 6.14. The molecular weight excluding hydrogens is 314 g/mol. The predicted octanol–water partition coefficient (Wildman–Crippen LogP) is 4.22. The molecule has 2 aromatic carbocycles. The monoisotopic (exact) mass is 333 g/mol. The number of fused-ring (bicyclic) bond motifs is 1. The van der Waals surface area contributed by atoms with Crippen molar-refractivity contribution in [2.24, 2.45) is 11.8 Å². The largest absolute Gasteiger partial charge is 0.457 e. The first kappa shape index (κ1) is 15.6. The van der Waals surface area contributed by atoms with Crippen LogP contribution in [-0.4, -0.2) is 23.3 Å². The number of hydrogen-bond acceptors (Lipinski definition) is 3. The average molecular weight is 333 g/mol. The number of Topliss-reactive ketones (excluding diaryl/α,β-unsaturated/α-hetero) is 1. The van der Waals surface area contributed by atoms with Crippen molar-refractivity contribution in [3.05, 3.63) is 60.2 Å². The van der Waals surface area contributed by atoms with Crippen molar-refractivity contribution in [2.45, 2.75) is 13.3 Å². The topological polar surface area (TPSA) is 59.2 Å². The van der Waals surface area contributed by atoms with Gasteiger partial charge in [-0.05, 0) is 24.0 Å². The first-order valence-corrected chi connectivity index (χ1v) is 8.51. The zero-order valence-corrected chi connectivity index (χ0v) is 14.0. The summed E-state index contributed by atoms with van der Waals surface area (Å²) >= 11 is 0. The van der Waals surface area contributed by atoms with E-state index in [-0.39, 0.29) is 24.3 Å². The molecule has 0 amide bonds. The summed E-state index contributed by atoms with van der Waals surface area (Å²) in [6, 6.07) is 17.4. The number of carbonyl (C=O) groups is 2. The van der Waals surface area contributed by atoms with Crippen LogP contribution in [0.4, 0.5) is 0 Å². The summed E-state index contributed by atoms with van der Waals surface area (Å²) in [4.78, 5) is 28.1. The molecule has 4 heteroatoms. The maximum absolute atomic E-state index is 12.8. The van der Waals surface area contributed by atoms with Crippen LogP contribution in [0.25, 0.3) is 22.2 Å². The summed E-state index contributed by atoms with van der Waals surface area (Å²) in [5.41, 5.74) is 3.18. The van der Waals surface area contributed by atoms with E-state index in [9.17, 15) is 9.59 Å². The second-order valence-corrected chi connectivity index (χ2v) is 6.64. The standard InChI is InChI=1S/C21H19NO3/c1-13-11-16(13)21(24)25-12-18(23)19-15-9-5-6-10-17(15)22-20(19)14-7-3-2-4-8-14/h2-10,13,16,22H,11-12H2,1H3/t13-,16-/m1/s1. The Morgan fingerprint density at radius 2 is 1.76 bits per heavy atom. The molecule has 4 rings (SSSR count). The van der Waals surface area contributed by atoms with Gasteiger partial charge in [0.05, 0.1) is 17.2 Å². The Kier molecular flexibility index (Phi) is 3.88. The molecule has 0 radical (unpaired) electrons. The number of nitrogens with one attached hydrogen (secondary N) is 1. The van der Waals surface area contributed by atoms with E-state index in [1.165, 1.54) is 0 Å². The number of aromatic nitrogens is 1. The summed E-state index contributed by atoms with van der Waals surface area (Å²) in [7, 11) is 0. The number of H-pyrrole nitrogens is 1. The fourth-order valence-corrected chi connectivity index (χ4v) is 3.22. The lowest BCUT2D eigenvalue weighted by molar-refractivity contribution is -0.144. The highest BCUT2D eigenvalue weighted by Gasteiger charge is 2.40. The van der Waals surface area contributed by atoms with Gasteiger partial charge in [-0.25, -0.2) is 0 Å². The van der Waals surface area contributed by atoms with Gasteiger partial charge < -0.3 is 9.72 Å². The zero-order chi connectivity index (χ0) is 17.4. The Hall–Kier alpha value is -2.88. The SMILES string of the molecule is C[C@@H]1C[C@H]1C(=O)OCC(=O)c1c(-c2ccccc2)[nH]c2ccccc12. The molecule has 0 bridgehead atoms. The smallest absolute Gasteiger partial charge is 0.309 e. The van der Waals surface area contributed by atoms with Gasteiger partial charge in [-0.3, -0.25) is 9.59 Å². The van der Waals surface area contributed by atoms with E-state index in [0.29, 0.717) is 11.5 Å². The maximum Gasteiger partial charge on any atom is 0.309 e. The van der Waals surface area contributed by atoms with E-state index >= 15 is 0 Å². The van der Waals surface area contributed by atoms with Crippen molar-refractivity contribution < 1.29 is 14.3 Å². The van der Waals surface area contributed by atoms with Gasteiger partial charge in [0.25, 0.3) is 0 Å². The van der Waals surface area contributed by atoms with Gasteiger partial charge in [0.2, 0.25) is 5.78 Å². The van der Waals surface area contributed by atoms with Gasteiger partial charge in [-0.2, -0.15) is 0 Å². The van der Waals surface area contributed by atoms with E-state index in [1.807, 2.05) is 61.5 Å². The lowest BCUT2D eigenvalue weighted by Gasteiger charge is -2.06. The van der Waals surface area contributed by atoms with Crippen molar-refractivity contribution in [2.75, 3.05) is 6.61 Å². The number of ketones is 1. The van der Waals surface area contributed by atoms with Crippen molar-refractivity contribution in [3.63, 3.8) is 0 Å². The number of ether oxygens (including phenoxy) is 1. The minimum absolute atomic E-state index is 0.0376. The third kappa shape index (κ3) is 2.95. The van der Waals surface area contributed by atoms with Gasteiger partial charge in [0.15, 0.2) is 6.61 Å². The number of hydrogen-bond donors (Lipinski definition) is 1. The summed E-state index contributed by atoms with van der Waals surface area (Å²) in [6.07, 6.45) is 0.857. The number of benzene rings is 2. The molecule has 1 aliphatic rings. The molecule has 1 heterocycles. The van der Waals surface area contributed by atoms with E-state index < -0.39 is 0 Å².